The average Bonchev–Trinajstić information content (AvgIpc) is 2.78. The molecule has 0 aliphatic heterocycles. The zero-order valence-electron chi connectivity index (χ0n) is 19.6. The van der Waals surface area contributed by atoms with E-state index in [0.29, 0.717) is 6.54 Å². The van der Waals surface area contributed by atoms with E-state index in [1.165, 1.54) is 9.47 Å². The number of likely N-dealkylation sites (N-methyl/N-ethyl adjacent to an activating group) is 2. The van der Waals surface area contributed by atoms with E-state index >= 15 is 0 Å². The predicted octanol–water partition coefficient (Wildman–Crippen LogP) is 2.66. The molecule has 3 rings (SSSR count). The number of anilines is 3. The van der Waals surface area contributed by atoms with E-state index in [-0.39, 0.29) is 37.0 Å². The van der Waals surface area contributed by atoms with Crippen LogP contribution < -0.4 is 26.8 Å². The van der Waals surface area contributed by atoms with Crippen molar-refractivity contribution < 1.29 is 4.79 Å². The molecule has 0 bridgehead atoms. The van der Waals surface area contributed by atoms with Crippen LogP contribution in [0.25, 0.3) is 0 Å². The number of aromatic nitrogens is 2. The molecule has 0 unspecified atom stereocenters. The molecule has 3 N–H and O–H groups in total. The second kappa shape index (κ2) is 10.2. The van der Waals surface area contributed by atoms with Crippen molar-refractivity contribution >= 4 is 23.1 Å². The third kappa shape index (κ3) is 5.16. The number of nitrogens with two attached hydrogens (primary N) is 1. The summed E-state index contributed by atoms with van der Waals surface area (Å²) in [5.74, 6) is -0.307. The summed E-state index contributed by atoms with van der Waals surface area (Å²) >= 11 is 0. The molecule has 33 heavy (non-hydrogen) atoms. The number of amides is 1. The van der Waals surface area contributed by atoms with Crippen molar-refractivity contribution in [1.29, 1.82) is 0 Å². The molecule has 2 aromatic carbocycles. The minimum Gasteiger partial charge on any atom is -0.383 e. The molecule has 0 aliphatic rings. The Hall–Kier alpha value is -3.81. The number of aryl methyl sites for hydroxylation is 2. The number of carbonyl (C=O) groups is 1. The molecule has 1 heterocycles. The minimum absolute atomic E-state index is 0.00490. The number of nitrogen functional groups attached to an aromatic ring is 1. The highest BCUT2D eigenvalue weighted by Crippen LogP contribution is 2.23. The van der Waals surface area contributed by atoms with Crippen molar-refractivity contribution in [2.45, 2.75) is 34.2 Å². The lowest BCUT2D eigenvalue weighted by atomic mass is 10.1. The average molecular weight is 450 g/mol. The van der Waals surface area contributed by atoms with Gasteiger partial charge >= 0.3 is 5.69 Å². The molecule has 0 saturated carbocycles. The van der Waals surface area contributed by atoms with E-state index in [1.54, 1.807) is 6.92 Å². The molecule has 0 spiro atoms. The lowest BCUT2D eigenvalue weighted by Crippen LogP contribution is -2.45. The Morgan fingerprint density at radius 1 is 1.03 bits per heavy atom. The summed E-state index contributed by atoms with van der Waals surface area (Å²) in [5.41, 5.74) is 9.04. The van der Waals surface area contributed by atoms with E-state index in [9.17, 15) is 14.4 Å². The van der Waals surface area contributed by atoms with Crippen LogP contribution in [-0.2, 0) is 11.3 Å². The second-order valence-electron chi connectivity index (χ2n) is 8.01. The quantitative estimate of drug-likeness (QED) is 0.550. The summed E-state index contributed by atoms with van der Waals surface area (Å²) in [7, 11) is 0. The topological polar surface area (TPSA) is 104 Å². The fraction of sp³-hybridized carbons (Fsp3) is 0.320. The van der Waals surface area contributed by atoms with E-state index in [2.05, 4.69) is 11.1 Å². The number of nitrogens with zero attached hydrogens (tertiary/aromatic N) is 3. The van der Waals surface area contributed by atoms with Crippen LogP contribution in [0.15, 0.2) is 58.1 Å². The first-order chi connectivity index (χ1) is 15.8. The Morgan fingerprint density at radius 3 is 2.33 bits per heavy atom. The van der Waals surface area contributed by atoms with Crippen molar-refractivity contribution in [3.8, 4) is 0 Å². The smallest absolute Gasteiger partial charge is 0.330 e. The summed E-state index contributed by atoms with van der Waals surface area (Å²) in [4.78, 5) is 44.2. The van der Waals surface area contributed by atoms with Crippen LogP contribution in [-0.4, -0.2) is 35.1 Å². The van der Waals surface area contributed by atoms with Crippen LogP contribution in [0.4, 0.5) is 17.2 Å². The van der Waals surface area contributed by atoms with Gasteiger partial charge in [0.2, 0.25) is 5.91 Å². The van der Waals surface area contributed by atoms with Crippen LogP contribution in [0, 0.1) is 13.8 Å². The summed E-state index contributed by atoms with van der Waals surface area (Å²) in [5, 5.41) is 0. The van der Waals surface area contributed by atoms with Gasteiger partial charge in [0.1, 0.15) is 5.82 Å². The SMILES string of the molecule is CCN(CC(=O)N(CC)c1c(N)n(Cc2ccccc2)c(=O)[nH]c1=O)c1ccc(C)cc1C. The Balaban J connectivity index is 1.96. The summed E-state index contributed by atoms with van der Waals surface area (Å²) in [6, 6.07) is 15.4. The molecule has 1 aromatic heterocycles. The van der Waals surface area contributed by atoms with Gasteiger partial charge in [0.25, 0.3) is 5.56 Å². The Labute approximate surface area is 193 Å². The van der Waals surface area contributed by atoms with Crippen molar-refractivity contribution in [3.63, 3.8) is 0 Å². The first-order valence-electron chi connectivity index (χ1n) is 11.1. The number of hydrogen-bond donors (Lipinski definition) is 2. The maximum absolute atomic E-state index is 13.3. The molecular weight excluding hydrogens is 418 g/mol. The van der Waals surface area contributed by atoms with Gasteiger partial charge in [-0.2, -0.15) is 0 Å². The standard InChI is InChI=1S/C25H31N5O3/c1-5-28(20-13-12-17(3)14-18(20)4)16-21(31)29(6-2)22-23(26)30(25(33)27-24(22)32)15-19-10-8-7-9-11-19/h7-14H,5-6,15-16,26H2,1-4H3,(H,27,32,33). The van der Waals surface area contributed by atoms with Crippen LogP contribution in [0.1, 0.15) is 30.5 Å². The highest BCUT2D eigenvalue weighted by molar-refractivity contribution is 5.98. The van der Waals surface area contributed by atoms with Crippen LogP contribution in [0.2, 0.25) is 0 Å². The molecule has 8 heteroatoms. The number of benzene rings is 2. The first kappa shape index (κ1) is 23.8. The highest BCUT2D eigenvalue weighted by atomic mass is 16.2. The van der Waals surface area contributed by atoms with E-state index in [4.69, 9.17) is 5.73 Å². The largest absolute Gasteiger partial charge is 0.383 e. The number of rotatable bonds is 8. The van der Waals surface area contributed by atoms with Crippen molar-refractivity contribution in [2.75, 3.05) is 35.2 Å². The number of nitrogens with one attached hydrogen (secondary N) is 1. The van der Waals surface area contributed by atoms with Gasteiger partial charge in [-0.05, 0) is 44.9 Å². The molecule has 8 nitrogen and oxygen atoms in total. The Morgan fingerprint density at radius 2 is 1.73 bits per heavy atom. The lowest BCUT2D eigenvalue weighted by molar-refractivity contribution is -0.117. The van der Waals surface area contributed by atoms with Crippen molar-refractivity contribution in [2.24, 2.45) is 0 Å². The summed E-state index contributed by atoms with van der Waals surface area (Å²) in [6.45, 7) is 8.90. The van der Waals surface area contributed by atoms with Gasteiger partial charge in [0.05, 0.1) is 13.1 Å². The molecule has 0 saturated heterocycles. The zero-order chi connectivity index (χ0) is 24.1. The molecule has 0 aliphatic carbocycles. The first-order valence-corrected chi connectivity index (χ1v) is 11.1. The van der Waals surface area contributed by atoms with E-state index < -0.39 is 11.2 Å². The predicted molar refractivity (Wildman–Crippen MR) is 133 cm³/mol. The van der Waals surface area contributed by atoms with E-state index in [1.807, 2.05) is 68.1 Å². The molecule has 0 radical (unpaired) electrons. The van der Waals surface area contributed by atoms with Gasteiger partial charge < -0.3 is 15.5 Å². The minimum atomic E-state index is -0.674. The maximum atomic E-state index is 13.3. The Bertz CT molecular complexity index is 1250. The Kier molecular flexibility index (Phi) is 7.37. The van der Waals surface area contributed by atoms with E-state index in [0.717, 1.165) is 22.4 Å². The monoisotopic (exact) mass is 449 g/mol. The number of hydrogen-bond acceptors (Lipinski definition) is 5. The van der Waals surface area contributed by atoms with Crippen molar-refractivity contribution in [3.05, 3.63) is 86.1 Å². The van der Waals surface area contributed by atoms with Gasteiger partial charge in [-0.3, -0.25) is 19.1 Å². The zero-order valence-corrected chi connectivity index (χ0v) is 19.6. The molecule has 1 amide bonds. The molecule has 0 atom stereocenters. The summed E-state index contributed by atoms with van der Waals surface area (Å²) < 4.78 is 1.28. The maximum Gasteiger partial charge on any atom is 0.330 e. The highest BCUT2D eigenvalue weighted by Gasteiger charge is 2.25. The number of carbonyl (C=O) groups excluding carboxylic acids is 1. The molecule has 3 aromatic rings. The number of aromatic amines is 1. The second-order valence-corrected chi connectivity index (χ2v) is 8.01. The molecule has 0 fully saturated rings. The van der Waals surface area contributed by atoms with Gasteiger partial charge in [-0.15, -0.1) is 0 Å². The van der Waals surface area contributed by atoms with Crippen molar-refractivity contribution in [1.82, 2.24) is 9.55 Å². The van der Waals surface area contributed by atoms with Crippen LogP contribution in [0.5, 0.6) is 0 Å². The van der Waals surface area contributed by atoms with Crippen LogP contribution in [0.3, 0.4) is 0 Å². The number of H-pyrrole nitrogens is 1. The van der Waals surface area contributed by atoms with Crippen LogP contribution >= 0.6 is 0 Å². The fourth-order valence-electron chi connectivity index (χ4n) is 4.00. The molecule has 174 valence electrons. The van der Waals surface area contributed by atoms with Gasteiger partial charge in [0, 0.05) is 18.8 Å². The third-order valence-corrected chi connectivity index (χ3v) is 5.69. The van der Waals surface area contributed by atoms with Gasteiger partial charge in [-0.25, -0.2) is 4.79 Å². The third-order valence-electron chi connectivity index (χ3n) is 5.69. The van der Waals surface area contributed by atoms with Gasteiger partial charge in [-0.1, -0.05) is 48.0 Å². The van der Waals surface area contributed by atoms with Gasteiger partial charge in [0.15, 0.2) is 5.69 Å². The fourth-order valence-corrected chi connectivity index (χ4v) is 4.00. The normalized spacial score (nSPS) is 10.8. The lowest BCUT2D eigenvalue weighted by Gasteiger charge is -2.29. The summed E-state index contributed by atoms with van der Waals surface area (Å²) in [6.07, 6.45) is 0. The molecular formula is C25H31N5O3.